The van der Waals surface area contributed by atoms with Crippen LogP contribution in [0.3, 0.4) is 0 Å². The Morgan fingerprint density at radius 3 is 2.33 bits per heavy atom. The molecule has 0 fully saturated rings. The standard InChI is InChI=1S/C14H23NO2S/c1-4-12(2)11-18(16,17)14(10-15-3)13-8-6-5-7-9-13/h5-9,12,14-15H,4,10-11H2,1-3H3. The van der Waals surface area contributed by atoms with E-state index in [4.69, 9.17) is 0 Å². The maximum Gasteiger partial charge on any atom is 0.158 e. The molecule has 2 unspecified atom stereocenters. The molecule has 0 aromatic heterocycles. The summed E-state index contributed by atoms with van der Waals surface area (Å²) in [5, 5.41) is 2.54. The molecule has 1 rings (SSSR count). The zero-order valence-electron chi connectivity index (χ0n) is 11.4. The molecule has 0 heterocycles. The molecule has 1 aromatic carbocycles. The lowest BCUT2D eigenvalue weighted by atomic mass is 10.1. The fourth-order valence-corrected chi connectivity index (χ4v) is 4.19. The van der Waals surface area contributed by atoms with Crippen LogP contribution in [0.4, 0.5) is 0 Å². The molecule has 0 aliphatic heterocycles. The number of hydrogen-bond acceptors (Lipinski definition) is 3. The van der Waals surface area contributed by atoms with Crippen LogP contribution in [0.2, 0.25) is 0 Å². The molecule has 3 nitrogen and oxygen atoms in total. The van der Waals surface area contributed by atoms with E-state index in [1.165, 1.54) is 0 Å². The van der Waals surface area contributed by atoms with Crippen molar-refractivity contribution in [2.45, 2.75) is 25.5 Å². The number of sulfone groups is 1. The van der Waals surface area contributed by atoms with E-state index >= 15 is 0 Å². The molecule has 18 heavy (non-hydrogen) atoms. The maximum absolute atomic E-state index is 12.5. The highest BCUT2D eigenvalue weighted by molar-refractivity contribution is 7.91. The fraction of sp³-hybridized carbons (Fsp3) is 0.571. The second-order valence-corrected chi connectivity index (χ2v) is 7.03. The van der Waals surface area contributed by atoms with Gasteiger partial charge in [-0.2, -0.15) is 0 Å². The van der Waals surface area contributed by atoms with Crippen molar-refractivity contribution in [3.05, 3.63) is 35.9 Å². The molecule has 0 bridgehead atoms. The highest BCUT2D eigenvalue weighted by Gasteiger charge is 2.27. The molecular formula is C14H23NO2S. The Labute approximate surface area is 111 Å². The van der Waals surface area contributed by atoms with Gasteiger partial charge >= 0.3 is 0 Å². The molecule has 4 heteroatoms. The molecule has 2 atom stereocenters. The van der Waals surface area contributed by atoms with Gasteiger partial charge in [0.25, 0.3) is 0 Å². The third-order valence-corrected chi connectivity index (χ3v) is 5.55. The van der Waals surface area contributed by atoms with Gasteiger partial charge in [-0.1, -0.05) is 50.6 Å². The Balaban J connectivity index is 2.98. The number of rotatable bonds is 7. The van der Waals surface area contributed by atoms with Crippen molar-refractivity contribution in [2.24, 2.45) is 5.92 Å². The summed E-state index contributed by atoms with van der Waals surface area (Å²) < 4.78 is 24.9. The third-order valence-electron chi connectivity index (χ3n) is 3.21. The maximum atomic E-state index is 12.5. The van der Waals surface area contributed by atoms with E-state index in [0.717, 1.165) is 12.0 Å². The highest BCUT2D eigenvalue weighted by atomic mass is 32.2. The van der Waals surface area contributed by atoms with Gasteiger partial charge in [-0.3, -0.25) is 0 Å². The van der Waals surface area contributed by atoms with Gasteiger partial charge in [-0.15, -0.1) is 0 Å². The third kappa shape index (κ3) is 4.10. The summed E-state index contributed by atoms with van der Waals surface area (Å²) in [4.78, 5) is 0. The molecule has 0 radical (unpaired) electrons. The number of hydrogen-bond donors (Lipinski definition) is 1. The molecule has 0 spiro atoms. The van der Waals surface area contributed by atoms with Gasteiger partial charge in [0.1, 0.15) is 0 Å². The summed E-state index contributed by atoms with van der Waals surface area (Å²) >= 11 is 0. The minimum Gasteiger partial charge on any atom is -0.318 e. The molecule has 0 aliphatic carbocycles. The molecule has 0 saturated carbocycles. The van der Waals surface area contributed by atoms with Crippen molar-refractivity contribution < 1.29 is 8.42 Å². The van der Waals surface area contributed by atoms with Crippen molar-refractivity contribution in [3.63, 3.8) is 0 Å². The number of likely N-dealkylation sites (N-methyl/N-ethyl adjacent to an activating group) is 1. The van der Waals surface area contributed by atoms with Gasteiger partial charge in [0.2, 0.25) is 0 Å². The summed E-state index contributed by atoms with van der Waals surface area (Å²) in [6, 6.07) is 9.45. The van der Waals surface area contributed by atoms with Crippen LogP contribution in [0.5, 0.6) is 0 Å². The van der Waals surface area contributed by atoms with Crippen molar-refractivity contribution in [1.29, 1.82) is 0 Å². The Bertz CT molecular complexity index is 442. The van der Waals surface area contributed by atoms with Crippen LogP contribution in [0.1, 0.15) is 31.1 Å². The normalized spacial score (nSPS) is 15.3. The van der Waals surface area contributed by atoms with E-state index < -0.39 is 15.1 Å². The van der Waals surface area contributed by atoms with E-state index in [2.05, 4.69) is 5.32 Å². The van der Waals surface area contributed by atoms with Gasteiger partial charge in [0.15, 0.2) is 9.84 Å². The monoisotopic (exact) mass is 269 g/mol. The SMILES string of the molecule is CCC(C)CS(=O)(=O)C(CNC)c1ccccc1. The predicted molar refractivity (Wildman–Crippen MR) is 76.4 cm³/mol. The summed E-state index contributed by atoms with van der Waals surface area (Å²) in [5.74, 6) is 0.461. The molecule has 1 aromatic rings. The average molecular weight is 269 g/mol. The topological polar surface area (TPSA) is 46.2 Å². The Morgan fingerprint density at radius 1 is 1.22 bits per heavy atom. The average Bonchev–Trinajstić information content (AvgIpc) is 2.36. The lowest BCUT2D eigenvalue weighted by Crippen LogP contribution is -2.28. The molecule has 102 valence electrons. The van der Waals surface area contributed by atoms with E-state index in [1.807, 2.05) is 44.2 Å². The van der Waals surface area contributed by atoms with Gasteiger partial charge in [-0.25, -0.2) is 8.42 Å². The van der Waals surface area contributed by atoms with Gasteiger partial charge in [0, 0.05) is 6.54 Å². The predicted octanol–water partition coefficient (Wildman–Crippen LogP) is 2.41. The molecule has 0 aliphatic rings. The first-order chi connectivity index (χ1) is 8.51. The Morgan fingerprint density at radius 2 is 1.83 bits per heavy atom. The van der Waals surface area contributed by atoms with Crippen LogP contribution in [0, 0.1) is 5.92 Å². The van der Waals surface area contributed by atoms with Crippen molar-refractivity contribution in [2.75, 3.05) is 19.3 Å². The summed E-state index contributed by atoms with van der Waals surface area (Å²) in [6.45, 7) is 4.47. The first-order valence-corrected chi connectivity index (χ1v) is 8.14. The zero-order valence-corrected chi connectivity index (χ0v) is 12.2. The molecule has 0 amide bonds. The fourth-order valence-electron chi connectivity index (χ4n) is 1.94. The van der Waals surface area contributed by atoms with E-state index in [-0.39, 0.29) is 11.7 Å². The summed E-state index contributed by atoms with van der Waals surface area (Å²) in [5.41, 5.74) is 0.871. The molecular weight excluding hydrogens is 246 g/mol. The minimum absolute atomic E-state index is 0.207. The quantitative estimate of drug-likeness (QED) is 0.827. The summed E-state index contributed by atoms with van der Waals surface area (Å²) in [6.07, 6.45) is 0.889. The van der Waals surface area contributed by atoms with Crippen LogP contribution in [-0.4, -0.2) is 27.8 Å². The lowest BCUT2D eigenvalue weighted by molar-refractivity contribution is 0.549. The first-order valence-electron chi connectivity index (χ1n) is 6.42. The number of benzene rings is 1. The van der Waals surface area contributed by atoms with E-state index in [1.54, 1.807) is 7.05 Å². The number of nitrogens with one attached hydrogen (secondary N) is 1. The second-order valence-electron chi connectivity index (χ2n) is 4.80. The van der Waals surface area contributed by atoms with Gasteiger partial charge < -0.3 is 5.32 Å². The van der Waals surface area contributed by atoms with Crippen LogP contribution in [0.15, 0.2) is 30.3 Å². The highest BCUT2D eigenvalue weighted by Crippen LogP contribution is 2.24. The van der Waals surface area contributed by atoms with E-state index in [9.17, 15) is 8.42 Å². The smallest absolute Gasteiger partial charge is 0.158 e. The zero-order chi connectivity index (χ0) is 13.6. The Kier molecular flexibility index (Phi) is 5.82. The lowest BCUT2D eigenvalue weighted by Gasteiger charge is -2.19. The van der Waals surface area contributed by atoms with Crippen molar-refractivity contribution in [3.8, 4) is 0 Å². The van der Waals surface area contributed by atoms with E-state index in [0.29, 0.717) is 6.54 Å². The van der Waals surface area contributed by atoms with Crippen LogP contribution in [0.25, 0.3) is 0 Å². The van der Waals surface area contributed by atoms with Crippen molar-refractivity contribution >= 4 is 9.84 Å². The van der Waals surface area contributed by atoms with Crippen LogP contribution in [-0.2, 0) is 9.84 Å². The van der Waals surface area contributed by atoms with Gasteiger partial charge in [0.05, 0.1) is 11.0 Å². The van der Waals surface area contributed by atoms with Crippen LogP contribution >= 0.6 is 0 Å². The Hall–Kier alpha value is -0.870. The largest absolute Gasteiger partial charge is 0.318 e. The minimum atomic E-state index is -3.11. The molecule has 0 saturated heterocycles. The second kappa shape index (κ2) is 6.90. The first kappa shape index (κ1) is 15.2. The summed E-state index contributed by atoms with van der Waals surface area (Å²) in [7, 11) is -1.32. The van der Waals surface area contributed by atoms with Gasteiger partial charge in [-0.05, 0) is 18.5 Å². The van der Waals surface area contributed by atoms with Crippen molar-refractivity contribution in [1.82, 2.24) is 5.32 Å². The van der Waals surface area contributed by atoms with Crippen LogP contribution < -0.4 is 5.32 Å². The molecule has 1 N–H and O–H groups in total.